The van der Waals surface area contributed by atoms with Gasteiger partial charge >= 0.3 is 0 Å². The van der Waals surface area contributed by atoms with Crippen LogP contribution in [-0.4, -0.2) is 19.5 Å². The quantitative estimate of drug-likeness (QED) is 0.247. The zero-order valence-electron chi connectivity index (χ0n) is 17.6. The normalized spacial score (nSPS) is 11.2. The van der Waals surface area contributed by atoms with Gasteiger partial charge in [-0.3, -0.25) is 14.3 Å². The van der Waals surface area contributed by atoms with E-state index in [1.165, 1.54) is 11.8 Å². The number of thiazole rings is 1. The fourth-order valence-electron chi connectivity index (χ4n) is 3.52. The lowest BCUT2D eigenvalue weighted by Crippen LogP contribution is -2.22. The SMILES string of the molecule is Cc1cccc(-n2c(SCc3csc(-c4ccccn4)n3)nc3ccccc3c2=O)c1C. The third-order valence-corrected chi connectivity index (χ3v) is 7.23. The number of benzene rings is 2. The molecule has 32 heavy (non-hydrogen) atoms. The van der Waals surface area contributed by atoms with E-state index in [4.69, 9.17) is 9.97 Å². The summed E-state index contributed by atoms with van der Waals surface area (Å²) in [5, 5.41) is 4.21. The molecule has 0 fully saturated rings. The van der Waals surface area contributed by atoms with Crippen molar-refractivity contribution in [3.63, 3.8) is 0 Å². The molecule has 158 valence electrons. The monoisotopic (exact) mass is 456 g/mol. The van der Waals surface area contributed by atoms with E-state index in [0.717, 1.165) is 33.2 Å². The Morgan fingerprint density at radius 1 is 0.969 bits per heavy atom. The molecule has 0 unspecified atom stereocenters. The summed E-state index contributed by atoms with van der Waals surface area (Å²) in [5.41, 5.74) is 5.52. The van der Waals surface area contributed by atoms with Crippen molar-refractivity contribution in [2.24, 2.45) is 0 Å². The highest BCUT2D eigenvalue weighted by atomic mass is 32.2. The fourth-order valence-corrected chi connectivity index (χ4v) is 5.32. The molecular formula is C25H20N4OS2. The van der Waals surface area contributed by atoms with Crippen LogP contribution >= 0.6 is 23.1 Å². The Morgan fingerprint density at radius 3 is 2.66 bits per heavy atom. The Bertz CT molecular complexity index is 1470. The maximum atomic E-state index is 13.5. The van der Waals surface area contributed by atoms with Crippen LogP contribution in [0.1, 0.15) is 16.8 Å². The summed E-state index contributed by atoms with van der Waals surface area (Å²) in [5.74, 6) is 0.610. The number of hydrogen-bond acceptors (Lipinski definition) is 6. The average Bonchev–Trinajstić information content (AvgIpc) is 3.30. The molecule has 5 aromatic rings. The van der Waals surface area contributed by atoms with E-state index >= 15 is 0 Å². The minimum Gasteiger partial charge on any atom is -0.268 e. The second-order valence-electron chi connectivity index (χ2n) is 7.42. The number of aryl methyl sites for hydroxylation is 1. The molecule has 3 aromatic heterocycles. The van der Waals surface area contributed by atoms with Crippen LogP contribution in [0.4, 0.5) is 0 Å². The Kier molecular flexibility index (Phi) is 5.59. The number of rotatable bonds is 5. The third kappa shape index (κ3) is 3.85. The van der Waals surface area contributed by atoms with Gasteiger partial charge < -0.3 is 0 Å². The molecule has 0 spiro atoms. The number of aromatic nitrogens is 4. The minimum absolute atomic E-state index is 0.0562. The summed E-state index contributed by atoms with van der Waals surface area (Å²) < 4.78 is 1.74. The van der Waals surface area contributed by atoms with Gasteiger partial charge in [-0.15, -0.1) is 11.3 Å². The number of nitrogens with zero attached hydrogens (tertiary/aromatic N) is 4. The Morgan fingerprint density at radius 2 is 1.81 bits per heavy atom. The first kappa shape index (κ1) is 20.6. The van der Waals surface area contributed by atoms with E-state index in [2.05, 4.69) is 18.0 Å². The predicted molar refractivity (Wildman–Crippen MR) is 132 cm³/mol. The second-order valence-corrected chi connectivity index (χ2v) is 9.22. The lowest BCUT2D eigenvalue weighted by Gasteiger charge is -2.16. The van der Waals surface area contributed by atoms with Crippen LogP contribution in [0.3, 0.4) is 0 Å². The molecule has 7 heteroatoms. The molecule has 0 aliphatic heterocycles. The highest BCUT2D eigenvalue weighted by molar-refractivity contribution is 7.98. The third-order valence-electron chi connectivity index (χ3n) is 5.35. The van der Waals surface area contributed by atoms with Crippen LogP contribution in [-0.2, 0) is 5.75 Å². The number of hydrogen-bond donors (Lipinski definition) is 0. The maximum Gasteiger partial charge on any atom is 0.266 e. The van der Waals surface area contributed by atoms with Crippen molar-refractivity contribution in [3.05, 3.63) is 99.4 Å². The molecule has 0 radical (unpaired) electrons. The van der Waals surface area contributed by atoms with E-state index < -0.39 is 0 Å². The van der Waals surface area contributed by atoms with Crippen molar-refractivity contribution >= 4 is 34.0 Å². The summed E-state index contributed by atoms with van der Waals surface area (Å²) in [6.45, 7) is 4.10. The molecule has 5 nitrogen and oxygen atoms in total. The first-order valence-electron chi connectivity index (χ1n) is 10.2. The molecule has 0 N–H and O–H groups in total. The molecule has 5 rings (SSSR count). The van der Waals surface area contributed by atoms with Crippen LogP contribution in [0.15, 0.2) is 82.2 Å². The summed E-state index contributed by atoms with van der Waals surface area (Å²) in [7, 11) is 0. The molecule has 0 saturated heterocycles. The fraction of sp³-hybridized carbons (Fsp3) is 0.120. The molecule has 3 heterocycles. The van der Waals surface area contributed by atoms with Gasteiger partial charge in [-0.05, 0) is 55.3 Å². The van der Waals surface area contributed by atoms with Gasteiger partial charge in [-0.25, -0.2) is 9.97 Å². The standard InChI is InChI=1S/C25H20N4OS2/c1-16-8-7-12-22(17(16)2)29-24(30)19-9-3-4-10-20(19)28-25(29)32-15-18-14-31-23(27-18)21-11-5-6-13-26-21/h3-14H,15H2,1-2H3. The lowest BCUT2D eigenvalue weighted by atomic mass is 10.1. The van der Waals surface area contributed by atoms with Gasteiger partial charge in [0.05, 0.1) is 28.0 Å². The van der Waals surface area contributed by atoms with Crippen LogP contribution in [0.5, 0.6) is 0 Å². The Hall–Kier alpha value is -3.29. The summed E-state index contributed by atoms with van der Waals surface area (Å²) >= 11 is 3.10. The summed E-state index contributed by atoms with van der Waals surface area (Å²) in [6.07, 6.45) is 1.77. The zero-order valence-corrected chi connectivity index (χ0v) is 19.3. The van der Waals surface area contributed by atoms with Crippen molar-refractivity contribution in [1.82, 2.24) is 19.5 Å². The van der Waals surface area contributed by atoms with Crippen molar-refractivity contribution in [2.45, 2.75) is 24.8 Å². The Balaban J connectivity index is 1.56. The second kappa shape index (κ2) is 8.68. The van der Waals surface area contributed by atoms with Crippen molar-refractivity contribution < 1.29 is 0 Å². The van der Waals surface area contributed by atoms with Gasteiger partial charge in [0.2, 0.25) is 0 Å². The average molecular weight is 457 g/mol. The first-order valence-corrected chi connectivity index (χ1v) is 12.1. The molecule has 0 saturated carbocycles. The van der Waals surface area contributed by atoms with Gasteiger partial charge in [0.1, 0.15) is 5.01 Å². The first-order chi connectivity index (χ1) is 15.6. The Labute approximate surface area is 193 Å². The summed E-state index contributed by atoms with van der Waals surface area (Å²) in [6, 6.07) is 19.3. The topological polar surface area (TPSA) is 60.7 Å². The highest BCUT2D eigenvalue weighted by Gasteiger charge is 2.16. The van der Waals surface area contributed by atoms with Gasteiger partial charge in [0, 0.05) is 17.3 Å². The predicted octanol–water partition coefficient (Wildman–Crippen LogP) is 5.81. The maximum absolute atomic E-state index is 13.5. The molecule has 2 aromatic carbocycles. The van der Waals surface area contributed by atoms with Crippen LogP contribution < -0.4 is 5.56 Å². The van der Waals surface area contributed by atoms with Crippen LogP contribution in [0.2, 0.25) is 0 Å². The number of fused-ring (bicyclic) bond motifs is 1. The van der Waals surface area contributed by atoms with Crippen LogP contribution in [0.25, 0.3) is 27.3 Å². The van der Waals surface area contributed by atoms with E-state index in [1.54, 1.807) is 22.1 Å². The zero-order chi connectivity index (χ0) is 22.1. The number of pyridine rings is 1. The molecule has 0 aliphatic carbocycles. The van der Waals surface area contributed by atoms with Crippen molar-refractivity contribution in [2.75, 3.05) is 0 Å². The van der Waals surface area contributed by atoms with Gasteiger partial charge in [-0.2, -0.15) is 0 Å². The van der Waals surface area contributed by atoms with E-state index in [9.17, 15) is 4.79 Å². The molecule has 0 aliphatic rings. The molecule has 0 bridgehead atoms. The molecule has 0 amide bonds. The number of thioether (sulfide) groups is 1. The van der Waals surface area contributed by atoms with E-state index in [-0.39, 0.29) is 5.56 Å². The van der Waals surface area contributed by atoms with Gasteiger partial charge in [0.25, 0.3) is 5.56 Å². The highest BCUT2D eigenvalue weighted by Crippen LogP contribution is 2.29. The lowest BCUT2D eigenvalue weighted by molar-refractivity contribution is 0.812. The van der Waals surface area contributed by atoms with Gasteiger partial charge in [0.15, 0.2) is 5.16 Å². The van der Waals surface area contributed by atoms with Gasteiger partial charge in [-0.1, -0.05) is 42.1 Å². The van der Waals surface area contributed by atoms with Crippen molar-refractivity contribution in [1.29, 1.82) is 0 Å². The molecule has 0 atom stereocenters. The number of para-hydroxylation sites is 1. The van der Waals surface area contributed by atoms with E-state index in [0.29, 0.717) is 21.8 Å². The van der Waals surface area contributed by atoms with E-state index in [1.807, 2.05) is 66.9 Å². The summed E-state index contributed by atoms with van der Waals surface area (Å²) in [4.78, 5) is 27.5. The smallest absolute Gasteiger partial charge is 0.266 e. The minimum atomic E-state index is -0.0562. The largest absolute Gasteiger partial charge is 0.268 e. The van der Waals surface area contributed by atoms with Crippen molar-refractivity contribution in [3.8, 4) is 16.4 Å². The molecular weight excluding hydrogens is 436 g/mol. The van der Waals surface area contributed by atoms with Crippen LogP contribution in [0, 0.1) is 13.8 Å².